The van der Waals surface area contributed by atoms with Crippen LogP contribution in [0.2, 0.25) is 5.02 Å². The molecule has 0 aliphatic heterocycles. The number of halogens is 2. The molecule has 0 bridgehead atoms. The van der Waals surface area contributed by atoms with E-state index in [0.29, 0.717) is 18.1 Å². The van der Waals surface area contributed by atoms with Crippen LogP contribution in [0, 0.1) is 0 Å². The minimum atomic E-state index is -0.376. The number of rotatable bonds is 7. The van der Waals surface area contributed by atoms with E-state index < -0.39 is 0 Å². The predicted octanol–water partition coefficient (Wildman–Crippen LogP) is 2.61. The van der Waals surface area contributed by atoms with Gasteiger partial charge in [-0.2, -0.15) is 0 Å². The van der Waals surface area contributed by atoms with E-state index in [-0.39, 0.29) is 24.6 Å². The van der Waals surface area contributed by atoms with Gasteiger partial charge in [-0.15, -0.1) is 12.4 Å². The highest BCUT2D eigenvalue weighted by Crippen LogP contribution is 2.24. The van der Waals surface area contributed by atoms with Crippen molar-refractivity contribution in [3.8, 4) is 5.75 Å². The standard InChI is InChI=1S/C15H21ClN2O3.ClH/c1-10(21-11(2)19)18-9-12(8-17)6-13-7-14(16)4-5-15(13)20-3;/h4-7,10,18H,8-9,17H2,1-3H3;1H/b12-6+;. The van der Waals surface area contributed by atoms with E-state index in [0.717, 1.165) is 16.9 Å². The molecule has 0 saturated carbocycles. The van der Waals surface area contributed by atoms with Crippen molar-refractivity contribution in [1.82, 2.24) is 5.32 Å². The highest BCUT2D eigenvalue weighted by Gasteiger charge is 2.07. The molecule has 1 unspecified atom stereocenters. The Morgan fingerprint density at radius 2 is 2.18 bits per heavy atom. The molecule has 0 amide bonds. The Morgan fingerprint density at radius 1 is 1.50 bits per heavy atom. The van der Waals surface area contributed by atoms with E-state index in [2.05, 4.69) is 5.32 Å². The third-order valence-electron chi connectivity index (χ3n) is 2.77. The molecule has 3 N–H and O–H groups in total. The van der Waals surface area contributed by atoms with Crippen LogP contribution in [0.1, 0.15) is 19.4 Å². The van der Waals surface area contributed by atoms with Crippen molar-refractivity contribution in [3.63, 3.8) is 0 Å². The molecule has 0 aromatic heterocycles. The summed E-state index contributed by atoms with van der Waals surface area (Å²) in [4.78, 5) is 10.8. The molecule has 0 aliphatic rings. The Balaban J connectivity index is 0.00000441. The number of carbonyl (C=O) groups excluding carboxylic acids is 1. The van der Waals surface area contributed by atoms with Crippen molar-refractivity contribution in [3.05, 3.63) is 34.4 Å². The van der Waals surface area contributed by atoms with Crippen molar-refractivity contribution in [2.24, 2.45) is 5.73 Å². The summed E-state index contributed by atoms with van der Waals surface area (Å²) in [5.74, 6) is 0.392. The van der Waals surface area contributed by atoms with Crippen molar-refractivity contribution in [2.75, 3.05) is 20.2 Å². The summed E-state index contributed by atoms with van der Waals surface area (Å²) in [5, 5.41) is 3.70. The lowest BCUT2D eigenvalue weighted by Gasteiger charge is -2.15. The zero-order valence-corrected chi connectivity index (χ0v) is 14.5. The van der Waals surface area contributed by atoms with Crippen molar-refractivity contribution < 1.29 is 14.3 Å². The van der Waals surface area contributed by atoms with Crippen LogP contribution in [-0.2, 0) is 9.53 Å². The molecule has 1 rings (SSSR count). The van der Waals surface area contributed by atoms with Gasteiger partial charge in [0.25, 0.3) is 0 Å². The second-order valence-electron chi connectivity index (χ2n) is 4.53. The highest BCUT2D eigenvalue weighted by molar-refractivity contribution is 6.30. The van der Waals surface area contributed by atoms with E-state index in [1.165, 1.54) is 6.92 Å². The molecule has 0 spiro atoms. The zero-order chi connectivity index (χ0) is 15.8. The first-order chi connectivity index (χ1) is 9.96. The molecular formula is C15H22Cl2N2O3. The van der Waals surface area contributed by atoms with Gasteiger partial charge in [-0.25, -0.2) is 0 Å². The van der Waals surface area contributed by atoms with Gasteiger partial charge in [0.05, 0.1) is 7.11 Å². The molecule has 0 heterocycles. The maximum Gasteiger partial charge on any atom is 0.304 e. The van der Waals surface area contributed by atoms with Gasteiger partial charge in [0.15, 0.2) is 6.23 Å². The molecule has 1 aromatic rings. The number of hydrogen-bond acceptors (Lipinski definition) is 5. The number of benzene rings is 1. The van der Waals surface area contributed by atoms with Crippen LogP contribution in [0.5, 0.6) is 5.75 Å². The normalized spacial score (nSPS) is 12.3. The molecule has 0 aliphatic carbocycles. The summed E-state index contributed by atoms with van der Waals surface area (Å²) >= 11 is 6.00. The second kappa shape index (κ2) is 10.5. The first-order valence-corrected chi connectivity index (χ1v) is 6.97. The minimum Gasteiger partial charge on any atom is -0.496 e. The second-order valence-corrected chi connectivity index (χ2v) is 4.96. The summed E-state index contributed by atoms with van der Waals surface area (Å²) < 4.78 is 10.3. The zero-order valence-electron chi connectivity index (χ0n) is 12.9. The largest absolute Gasteiger partial charge is 0.496 e. The van der Waals surface area contributed by atoms with Gasteiger partial charge in [-0.05, 0) is 36.8 Å². The van der Waals surface area contributed by atoms with Gasteiger partial charge < -0.3 is 15.2 Å². The number of nitrogens with one attached hydrogen (secondary N) is 1. The van der Waals surface area contributed by atoms with E-state index in [9.17, 15) is 4.79 Å². The summed E-state index contributed by atoms with van der Waals surface area (Å²) in [6, 6.07) is 5.38. The Hall–Kier alpha value is -1.27. The van der Waals surface area contributed by atoms with Crippen LogP contribution < -0.4 is 15.8 Å². The minimum absolute atomic E-state index is 0. The quantitative estimate of drug-likeness (QED) is 0.585. The lowest BCUT2D eigenvalue weighted by atomic mass is 10.1. The molecule has 124 valence electrons. The Labute approximate surface area is 142 Å². The number of methoxy groups -OCH3 is 1. The van der Waals surface area contributed by atoms with Crippen LogP contribution in [0.4, 0.5) is 0 Å². The molecular weight excluding hydrogens is 327 g/mol. The molecule has 0 radical (unpaired) electrons. The van der Waals surface area contributed by atoms with E-state index in [1.807, 2.05) is 12.1 Å². The summed E-state index contributed by atoms with van der Waals surface area (Å²) in [7, 11) is 1.60. The molecule has 1 atom stereocenters. The van der Waals surface area contributed by atoms with Gasteiger partial charge in [0.2, 0.25) is 0 Å². The van der Waals surface area contributed by atoms with Crippen LogP contribution >= 0.6 is 24.0 Å². The Bertz CT molecular complexity index is 522. The van der Waals surface area contributed by atoms with Gasteiger partial charge in [-0.1, -0.05) is 11.6 Å². The molecule has 7 heteroatoms. The van der Waals surface area contributed by atoms with Crippen molar-refractivity contribution in [1.29, 1.82) is 0 Å². The first-order valence-electron chi connectivity index (χ1n) is 6.60. The number of nitrogens with two attached hydrogens (primary N) is 1. The first kappa shape index (κ1) is 20.7. The van der Waals surface area contributed by atoms with Crippen LogP contribution in [0.3, 0.4) is 0 Å². The highest BCUT2D eigenvalue weighted by atomic mass is 35.5. The molecule has 22 heavy (non-hydrogen) atoms. The average Bonchev–Trinajstić information content (AvgIpc) is 2.42. The monoisotopic (exact) mass is 348 g/mol. The Morgan fingerprint density at radius 3 is 2.73 bits per heavy atom. The summed E-state index contributed by atoms with van der Waals surface area (Å²) in [5.41, 5.74) is 7.54. The van der Waals surface area contributed by atoms with E-state index in [4.69, 9.17) is 26.8 Å². The molecule has 0 fully saturated rings. The van der Waals surface area contributed by atoms with Crippen molar-refractivity contribution in [2.45, 2.75) is 20.1 Å². The van der Waals surface area contributed by atoms with Gasteiger partial charge in [-0.3, -0.25) is 10.1 Å². The summed E-state index contributed by atoms with van der Waals surface area (Å²) in [6.07, 6.45) is 1.54. The number of ether oxygens (including phenoxy) is 2. The van der Waals surface area contributed by atoms with Crippen molar-refractivity contribution >= 4 is 36.1 Å². The van der Waals surface area contributed by atoms with Gasteiger partial charge in [0, 0.05) is 30.6 Å². The maximum absolute atomic E-state index is 10.8. The fourth-order valence-electron chi connectivity index (χ4n) is 1.79. The fraction of sp³-hybridized carbons (Fsp3) is 0.400. The third-order valence-corrected chi connectivity index (χ3v) is 3.01. The Kier molecular flexibility index (Phi) is 9.85. The molecule has 1 aromatic carbocycles. The molecule has 5 nitrogen and oxygen atoms in total. The lowest BCUT2D eigenvalue weighted by Crippen LogP contribution is -2.33. The maximum atomic E-state index is 10.8. The van der Waals surface area contributed by atoms with Gasteiger partial charge >= 0.3 is 5.97 Å². The lowest BCUT2D eigenvalue weighted by molar-refractivity contribution is -0.146. The topological polar surface area (TPSA) is 73.6 Å². The number of hydrogen-bond donors (Lipinski definition) is 2. The number of carbonyl (C=O) groups is 1. The van der Waals surface area contributed by atoms with Crippen LogP contribution in [-0.4, -0.2) is 32.4 Å². The van der Waals surface area contributed by atoms with Crippen LogP contribution in [0.15, 0.2) is 23.8 Å². The fourth-order valence-corrected chi connectivity index (χ4v) is 1.97. The average molecular weight is 349 g/mol. The molecule has 0 saturated heterocycles. The smallest absolute Gasteiger partial charge is 0.304 e. The van der Waals surface area contributed by atoms with Crippen LogP contribution in [0.25, 0.3) is 6.08 Å². The third kappa shape index (κ3) is 7.13. The SMILES string of the molecule is COc1ccc(Cl)cc1/C=C(\CN)CNC(C)OC(C)=O.Cl. The van der Waals surface area contributed by atoms with E-state index in [1.54, 1.807) is 26.2 Å². The van der Waals surface area contributed by atoms with Gasteiger partial charge in [0.1, 0.15) is 5.75 Å². The predicted molar refractivity (Wildman–Crippen MR) is 91.5 cm³/mol. The number of esters is 1. The summed E-state index contributed by atoms with van der Waals surface area (Å²) in [6.45, 7) is 4.00. The van der Waals surface area contributed by atoms with E-state index >= 15 is 0 Å².